The zero-order valence-corrected chi connectivity index (χ0v) is 15.7. The molecule has 0 radical (unpaired) electrons. The molecular weight excluding hydrogens is 412 g/mol. The van der Waals surface area contributed by atoms with Gasteiger partial charge < -0.3 is 4.90 Å². The highest BCUT2D eigenvalue weighted by atomic mass is 19.4. The molecule has 4 nitrogen and oxygen atoms in total. The van der Waals surface area contributed by atoms with Crippen molar-refractivity contribution in [2.24, 2.45) is 0 Å². The van der Waals surface area contributed by atoms with Crippen LogP contribution in [0.15, 0.2) is 54.6 Å². The van der Waals surface area contributed by atoms with Gasteiger partial charge in [0.2, 0.25) is 0 Å². The van der Waals surface area contributed by atoms with Crippen LogP contribution in [0.3, 0.4) is 0 Å². The highest BCUT2D eigenvalue weighted by molar-refractivity contribution is 5.94. The monoisotopic (exact) mass is 427 g/mol. The summed E-state index contributed by atoms with van der Waals surface area (Å²) in [7, 11) is 3.12. The van der Waals surface area contributed by atoms with Crippen molar-refractivity contribution in [3.63, 3.8) is 0 Å². The lowest BCUT2D eigenvalue weighted by Gasteiger charge is -2.12. The number of aromatic nitrogens is 2. The van der Waals surface area contributed by atoms with Gasteiger partial charge in [-0.1, -0.05) is 12.1 Å². The standard InChI is InChI=1S/C20H15F6N3O/c1-28(2)18(30)13-5-3-12(4-6-13)16-11-17(20(24,25)26)27-29(16)15-9-7-14(8-10-15)19(21,22)23/h3-11H,1-2H3. The Bertz CT molecular complexity index is 1050. The van der Waals surface area contributed by atoms with Gasteiger partial charge in [0, 0.05) is 25.2 Å². The van der Waals surface area contributed by atoms with E-state index in [2.05, 4.69) is 5.10 Å². The van der Waals surface area contributed by atoms with Crippen LogP contribution in [0.5, 0.6) is 0 Å². The fraction of sp³-hybridized carbons (Fsp3) is 0.200. The van der Waals surface area contributed by atoms with Gasteiger partial charge in [0.1, 0.15) is 0 Å². The van der Waals surface area contributed by atoms with Crippen LogP contribution in [0, 0.1) is 0 Å². The molecule has 0 aliphatic heterocycles. The lowest BCUT2D eigenvalue weighted by Crippen LogP contribution is -2.21. The molecule has 10 heteroatoms. The number of benzene rings is 2. The number of hydrogen-bond donors (Lipinski definition) is 0. The fourth-order valence-corrected chi connectivity index (χ4v) is 2.76. The molecule has 0 aliphatic carbocycles. The van der Waals surface area contributed by atoms with Gasteiger partial charge in [-0.15, -0.1) is 0 Å². The average molecular weight is 427 g/mol. The normalized spacial score (nSPS) is 12.1. The highest BCUT2D eigenvalue weighted by Gasteiger charge is 2.35. The highest BCUT2D eigenvalue weighted by Crippen LogP contribution is 2.34. The molecule has 3 aromatic rings. The summed E-state index contributed by atoms with van der Waals surface area (Å²) in [4.78, 5) is 13.3. The van der Waals surface area contributed by atoms with Gasteiger partial charge in [-0.25, -0.2) is 4.68 Å². The lowest BCUT2D eigenvalue weighted by molar-refractivity contribution is -0.141. The Balaban J connectivity index is 2.08. The topological polar surface area (TPSA) is 38.1 Å². The molecule has 0 unspecified atom stereocenters. The van der Waals surface area contributed by atoms with Crippen molar-refractivity contribution in [3.05, 3.63) is 71.4 Å². The number of carbonyl (C=O) groups excluding carboxylic acids is 1. The molecule has 0 saturated heterocycles. The summed E-state index contributed by atoms with van der Waals surface area (Å²) >= 11 is 0. The van der Waals surface area contributed by atoms with E-state index in [1.54, 1.807) is 14.1 Å². The lowest BCUT2D eigenvalue weighted by atomic mass is 10.1. The molecule has 0 saturated carbocycles. The molecule has 0 N–H and O–H groups in total. The Morgan fingerprint density at radius 2 is 1.43 bits per heavy atom. The number of amides is 1. The van der Waals surface area contributed by atoms with E-state index in [-0.39, 0.29) is 17.3 Å². The maximum atomic E-state index is 13.2. The van der Waals surface area contributed by atoms with E-state index in [9.17, 15) is 31.1 Å². The molecule has 30 heavy (non-hydrogen) atoms. The van der Waals surface area contributed by atoms with Crippen LogP contribution in [-0.2, 0) is 12.4 Å². The molecule has 1 heterocycles. The summed E-state index contributed by atoms with van der Waals surface area (Å²) < 4.78 is 78.9. The van der Waals surface area contributed by atoms with Crippen molar-refractivity contribution in [2.45, 2.75) is 12.4 Å². The van der Waals surface area contributed by atoms with Crippen molar-refractivity contribution >= 4 is 5.91 Å². The van der Waals surface area contributed by atoms with Crippen molar-refractivity contribution in [1.82, 2.24) is 14.7 Å². The maximum absolute atomic E-state index is 13.2. The van der Waals surface area contributed by atoms with E-state index in [0.717, 1.165) is 35.0 Å². The first-order valence-corrected chi connectivity index (χ1v) is 8.55. The molecular formula is C20H15F6N3O. The number of carbonyl (C=O) groups is 1. The van der Waals surface area contributed by atoms with Crippen LogP contribution < -0.4 is 0 Å². The van der Waals surface area contributed by atoms with E-state index < -0.39 is 23.6 Å². The summed E-state index contributed by atoms with van der Waals surface area (Å²) in [6.45, 7) is 0. The quantitative estimate of drug-likeness (QED) is 0.534. The predicted molar refractivity (Wildman–Crippen MR) is 97.0 cm³/mol. The van der Waals surface area contributed by atoms with Crippen LogP contribution in [-0.4, -0.2) is 34.7 Å². The number of hydrogen-bond acceptors (Lipinski definition) is 2. The SMILES string of the molecule is CN(C)C(=O)c1ccc(-c2cc(C(F)(F)F)nn2-c2ccc(C(F)(F)F)cc2)cc1. The Hall–Kier alpha value is -3.30. The second kappa shape index (κ2) is 7.51. The first kappa shape index (κ1) is 21.4. The zero-order valence-electron chi connectivity index (χ0n) is 15.7. The number of halogens is 6. The minimum absolute atomic E-state index is 0.0194. The van der Waals surface area contributed by atoms with Crippen LogP contribution in [0.4, 0.5) is 26.3 Å². The third-order valence-corrected chi connectivity index (χ3v) is 4.27. The molecule has 0 fully saturated rings. The van der Waals surface area contributed by atoms with Gasteiger partial charge in [-0.3, -0.25) is 4.79 Å². The summed E-state index contributed by atoms with van der Waals surface area (Å²) in [5.41, 5.74) is -1.42. The molecule has 1 amide bonds. The van der Waals surface area contributed by atoms with E-state index >= 15 is 0 Å². The van der Waals surface area contributed by atoms with E-state index in [4.69, 9.17) is 0 Å². The van der Waals surface area contributed by atoms with Gasteiger partial charge in [-0.2, -0.15) is 31.4 Å². The van der Waals surface area contributed by atoms with Gasteiger partial charge in [-0.05, 0) is 42.5 Å². The van der Waals surface area contributed by atoms with Crippen molar-refractivity contribution < 1.29 is 31.1 Å². The number of alkyl halides is 6. The summed E-state index contributed by atoms with van der Waals surface area (Å²) in [6, 6.07) is 10.3. The smallest absolute Gasteiger partial charge is 0.345 e. The Morgan fingerprint density at radius 1 is 0.867 bits per heavy atom. The Morgan fingerprint density at radius 3 is 1.90 bits per heavy atom. The molecule has 0 aliphatic rings. The van der Waals surface area contributed by atoms with Gasteiger partial charge in [0.15, 0.2) is 5.69 Å². The molecule has 0 spiro atoms. The molecule has 0 bridgehead atoms. The molecule has 2 aromatic carbocycles. The summed E-state index contributed by atoms with van der Waals surface area (Å²) in [5.74, 6) is -0.284. The van der Waals surface area contributed by atoms with Gasteiger partial charge in [0.05, 0.1) is 16.9 Å². The third-order valence-electron chi connectivity index (χ3n) is 4.27. The number of nitrogens with zero attached hydrogens (tertiary/aromatic N) is 3. The largest absolute Gasteiger partial charge is 0.435 e. The van der Waals surface area contributed by atoms with E-state index in [1.807, 2.05) is 0 Å². The van der Waals surface area contributed by atoms with Crippen LogP contribution in [0.1, 0.15) is 21.6 Å². The second-order valence-electron chi connectivity index (χ2n) is 6.65. The Kier molecular flexibility index (Phi) is 5.36. The second-order valence-corrected chi connectivity index (χ2v) is 6.65. The fourth-order valence-electron chi connectivity index (χ4n) is 2.76. The molecule has 0 atom stereocenters. The first-order valence-electron chi connectivity index (χ1n) is 8.55. The zero-order chi connectivity index (χ0) is 22.3. The molecule has 3 rings (SSSR count). The van der Waals surface area contributed by atoms with E-state index in [1.165, 1.54) is 29.2 Å². The van der Waals surface area contributed by atoms with Crippen LogP contribution in [0.2, 0.25) is 0 Å². The van der Waals surface area contributed by atoms with Crippen molar-refractivity contribution in [2.75, 3.05) is 14.1 Å². The summed E-state index contributed by atoms with van der Waals surface area (Å²) in [5, 5.41) is 3.54. The van der Waals surface area contributed by atoms with Gasteiger partial charge >= 0.3 is 12.4 Å². The number of rotatable bonds is 3. The predicted octanol–water partition coefficient (Wildman–Crippen LogP) is 5.28. The molecule has 1 aromatic heterocycles. The third kappa shape index (κ3) is 4.32. The average Bonchev–Trinajstić information content (AvgIpc) is 3.13. The van der Waals surface area contributed by atoms with Crippen molar-refractivity contribution in [1.29, 1.82) is 0 Å². The maximum Gasteiger partial charge on any atom is 0.435 e. The minimum Gasteiger partial charge on any atom is -0.345 e. The molecule has 158 valence electrons. The summed E-state index contributed by atoms with van der Waals surface area (Å²) in [6.07, 6.45) is -9.32. The van der Waals surface area contributed by atoms with Crippen molar-refractivity contribution in [3.8, 4) is 16.9 Å². The Labute approximate surface area is 167 Å². The van der Waals surface area contributed by atoms with Crippen LogP contribution >= 0.6 is 0 Å². The first-order chi connectivity index (χ1) is 13.9. The van der Waals surface area contributed by atoms with Gasteiger partial charge in [0.25, 0.3) is 5.91 Å². The van der Waals surface area contributed by atoms with Crippen LogP contribution in [0.25, 0.3) is 16.9 Å². The minimum atomic E-state index is -4.74. The van der Waals surface area contributed by atoms with E-state index in [0.29, 0.717) is 11.1 Å².